The second kappa shape index (κ2) is 4.57. The Balaban J connectivity index is 2.30. The van der Waals surface area contributed by atoms with Crippen LogP contribution in [0.4, 0.5) is 0 Å². The van der Waals surface area contributed by atoms with Crippen molar-refractivity contribution in [3.05, 3.63) is 36.0 Å². The third-order valence-electron chi connectivity index (χ3n) is 2.57. The molecule has 0 aliphatic heterocycles. The number of para-hydroxylation sites is 1. The van der Waals surface area contributed by atoms with E-state index in [1.807, 2.05) is 24.3 Å². The first kappa shape index (κ1) is 11.6. The van der Waals surface area contributed by atoms with Gasteiger partial charge in [-0.25, -0.2) is 5.01 Å². The molecule has 0 bridgehead atoms. The highest BCUT2D eigenvalue weighted by Crippen LogP contribution is 2.22. The number of nitrogens with zero attached hydrogens (tertiary/aromatic N) is 1. The molecule has 0 fully saturated rings. The lowest BCUT2D eigenvalue weighted by Gasteiger charge is -2.16. The number of hydrazine groups is 1. The Morgan fingerprint density at radius 1 is 1.41 bits per heavy atom. The van der Waals surface area contributed by atoms with Gasteiger partial charge >= 0.3 is 0 Å². The molecule has 1 unspecified atom stereocenters. The van der Waals surface area contributed by atoms with Crippen LogP contribution in [0.1, 0.15) is 11.6 Å². The number of nitrogens with one attached hydrogen (secondary N) is 2. The van der Waals surface area contributed by atoms with Gasteiger partial charge in [0.25, 0.3) is 5.91 Å². The molecule has 0 radical (unpaired) electrons. The van der Waals surface area contributed by atoms with Gasteiger partial charge in [0.05, 0.1) is 0 Å². The summed E-state index contributed by atoms with van der Waals surface area (Å²) in [6, 6.07) is 7.09. The summed E-state index contributed by atoms with van der Waals surface area (Å²) in [6.45, 7) is 0. The van der Waals surface area contributed by atoms with Gasteiger partial charge in [-0.3, -0.25) is 10.2 Å². The molecule has 1 aromatic heterocycles. The Kier molecular flexibility index (Phi) is 3.12. The van der Waals surface area contributed by atoms with E-state index in [4.69, 9.17) is 5.73 Å². The number of aromatic nitrogens is 1. The first-order valence-corrected chi connectivity index (χ1v) is 5.39. The Bertz CT molecular complexity index is 532. The van der Waals surface area contributed by atoms with E-state index in [0.717, 1.165) is 16.5 Å². The second-order valence-electron chi connectivity index (χ2n) is 4.14. The predicted molar refractivity (Wildman–Crippen MR) is 67.1 cm³/mol. The van der Waals surface area contributed by atoms with E-state index in [2.05, 4.69) is 10.4 Å². The molecule has 0 saturated carbocycles. The fourth-order valence-electron chi connectivity index (χ4n) is 1.78. The molecule has 2 aromatic rings. The van der Waals surface area contributed by atoms with Crippen LogP contribution in [-0.2, 0) is 4.79 Å². The van der Waals surface area contributed by atoms with Crippen molar-refractivity contribution in [2.75, 3.05) is 14.1 Å². The molecule has 5 nitrogen and oxygen atoms in total. The van der Waals surface area contributed by atoms with E-state index >= 15 is 0 Å². The van der Waals surface area contributed by atoms with Crippen molar-refractivity contribution in [3.8, 4) is 0 Å². The maximum absolute atomic E-state index is 11.8. The van der Waals surface area contributed by atoms with Gasteiger partial charge in [0.2, 0.25) is 0 Å². The number of fused-ring (bicyclic) bond motifs is 1. The number of amides is 1. The van der Waals surface area contributed by atoms with Crippen molar-refractivity contribution in [1.82, 2.24) is 15.4 Å². The molecule has 1 amide bonds. The van der Waals surface area contributed by atoms with Crippen molar-refractivity contribution in [3.63, 3.8) is 0 Å². The maximum Gasteiger partial charge on any atom is 0.255 e. The molecule has 0 spiro atoms. The number of hydrogen-bond donors (Lipinski definition) is 3. The van der Waals surface area contributed by atoms with Crippen molar-refractivity contribution >= 4 is 16.8 Å². The van der Waals surface area contributed by atoms with Crippen molar-refractivity contribution in [2.24, 2.45) is 5.73 Å². The lowest BCUT2D eigenvalue weighted by atomic mass is 10.1. The summed E-state index contributed by atoms with van der Waals surface area (Å²) in [5, 5.41) is 2.56. The molecule has 1 atom stereocenters. The summed E-state index contributed by atoms with van der Waals surface area (Å²) in [5.74, 6) is -0.222. The Hall–Kier alpha value is -1.85. The van der Waals surface area contributed by atoms with Crippen LogP contribution < -0.4 is 11.2 Å². The third kappa shape index (κ3) is 2.30. The molecule has 4 N–H and O–H groups in total. The summed E-state index contributed by atoms with van der Waals surface area (Å²) in [5.41, 5.74) is 10.4. The fourth-order valence-corrected chi connectivity index (χ4v) is 1.78. The van der Waals surface area contributed by atoms with E-state index in [0.29, 0.717) is 0 Å². The van der Waals surface area contributed by atoms with Crippen LogP contribution >= 0.6 is 0 Å². The first-order valence-electron chi connectivity index (χ1n) is 5.39. The van der Waals surface area contributed by atoms with Gasteiger partial charge in [-0.2, -0.15) is 0 Å². The van der Waals surface area contributed by atoms with Crippen molar-refractivity contribution in [1.29, 1.82) is 0 Å². The zero-order chi connectivity index (χ0) is 12.4. The van der Waals surface area contributed by atoms with E-state index < -0.39 is 6.04 Å². The van der Waals surface area contributed by atoms with Crippen LogP contribution in [0.2, 0.25) is 0 Å². The average Bonchev–Trinajstić information content (AvgIpc) is 2.70. The highest BCUT2D eigenvalue weighted by Gasteiger charge is 2.19. The normalized spacial score (nSPS) is 12.9. The molecule has 0 saturated heterocycles. The maximum atomic E-state index is 11.8. The molecular weight excluding hydrogens is 216 g/mol. The molecule has 1 heterocycles. The topological polar surface area (TPSA) is 74.2 Å². The molecule has 90 valence electrons. The molecule has 1 aromatic carbocycles. The monoisotopic (exact) mass is 232 g/mol. The zero-order valence-electron chi connectivity index (χ0n) is 9.90. The largest absolute Gasteiger partial charge is 0.361 e. The van der Waals surface area contributed by atoms with Gasteiger partial charge < -0.3 is 10.7 Å². The summed E-state index contributed by atoms with van der Waals surface area (Å²) in [6.07, 6.45) is 1.78. The van der Waals surface area contributed by atoms with Gasteiger partial charge in [-0.05, 0) is 6.07 Å². The number of benzene rings is 1. The Labute approximate surface area is 99.6 Å². The Morgan fingerprint density at radius 2 is 2.12 bits per heavy atom. The minimum Gasteiger partial charge on any atom is -0.361 e. The number of nitrogens with two attached hydrogens (primary N) is 1. The Morgan fingerprint density at radius 3 is 2.82 bits per heavy atom. The molecule has 17 heavy (non-hydrogen) atoms. The zero-order valence-corrected chi connectivity index (χ0v) is 9.90. The highest BCUT2D eigenvalue weighted by molar-refractivity contribution is 5.91. The third-order valence-corrected chi connectivity index (χ3v) is 2.57. The van der Waals surface area contributed by atoms with Crippen LogP contribution in [0, 0.1) is 0 Å². The lowest BCUT2D eigenvalue weighted by molar-refractivity contribution is -0.126. The van der Waals surface area contributed by atoms with Gasteiger partial charge in [0, 0.05) is 36.8 Å². The number of aromatic amines is 1. The SMILES string of the molecule is CN(C)NC(=O)C(N)c1c[nH]c2ccccc12. The predicted octanol–water partition coefficient (Wildman–Crippen LogP) is 0.761. The van der Waals surface area contributed by atoms with Crippen LogP contribution in [0.15, 0.2) is 30.5 Å². The van der Waals surface area contributed by atoms with E-state index in [9.17, 15) is 4.79 Å². The summed E-state index contributed by atoms with van der Waals surface area (Å²) in [4.78, 5) is 14.9. The molecule has 0 aliphatic rings. The smallest absolute Gasteiger partial charge is 0.255 e. The van der Waals surface area contributed by atoms with Crippen LogP contribution in [0.3, 0.4) is 0 Å². The quantitative estimate of drug-likeness (QED) is 0.684. The number of H-pyrrole nitrogens is 1. The standard InChI is InChI=1S/C12H16N4O/c1-16(2)15-12(17)11(13)9-7-14-10-6-4-3-5-8(9)10/h3-7,11,14H,13H2,1-2H3,(H,15,17). The van der Waals surface area contributed by atoms with Gasteiger partial charge in [-0.15, -0.1) is 0 Å². The average molecular weight is 232 g/mol. The highest BCUT2D eigenvalue weighted by atomic mass is 16.2. The van der Waals surface area contributed by atoms with Crippen molar-refractivity contribution < 1.29 is 4.79 Å². The van der Waals surface area contributed by atoms with Gasteiger partial charge in [0.15, 0.2) is 0 Å². The van der Waals surface area contributed by atoms with E-state index in [1.54, 1.807) is 25.3 Å². The lowest BCUT2D eigenvalue weighted by Crippen LogP contribution is -2.41. The number of carbonyl (C=O) groups is 1. The van der Waals surface area contributed by atoms with Crippen LogP contribution in [-0.4, -0.2) is 30.0 Å². The minimum atomic E-state index is -0.673. The molecule has 2 rings (SSSR count). The summed E-state index contributed by atoms with van der Waals surface area (Å²) >= 11 is 0. The molecule has 5 heteroatoms. The van der Waals surface area contributed by atoms with Crippen LogP contribution in [0.25, 0.3) is 10.9 Å². The van der Waals surface area contributed by atoms with Crippen LogP contribution in [0.5, 0.6) is 0 Å². The first-order chi connectivity index (χ1) is 8.09. The second-order valence-corrected chi connectivity index (χ2v) is 4.14. The fraction of sp³-hybridized carbons (Fsp3) is 0.250. The summed E-state index contributed by atoms with van der Waals surface area (Å²) < 4.78 is 0. The summed E-state index contributed by atoms with van der Waals surface area (Å²) in [7, 11) is 3.50. The van der Waals surface area contributed by atoms with Crippen molar-refractivity contribution in [2.45, 2.75) is 6.04 Å². The molecular formula is C12H16N4O. The molecule has 0 aliphatic carbocycles. The minimum absolute atomic E-state index is 0.222. The van der Waals surface area contributed by atoms with Gasteiger partial charge in [0.1, 0.15) is 6.04 Å². The number of carbonyl (C=O) groups excluding carboxylic acids is 1. The van der Waals surface area contributed by atoms with Gasteiger partial charge in [-0.1, -0.05) is 18.2 Å². The van der Waals surface area contributed by atoms with E-state index in [-0.39, 0.29) is 5.91 Å². The number of rotatable bonds is 3. The van der Waals surface area contributed by atoms with E-state index in [1.165, 1.54) is 0 Å². The number of hydrogen-bond acceptors (Lipinski definition) is 3.